The van der Waals surface area contributed by atoms with Crippen LogP contribution in [0.25, 0.3) is 0 Å². The normalized spacial score (nSPS) is 11.6. The number of rotatable bonds is 8. The Morgan fingerprint density at radius 2 is 1.69 bits per heavy atom. The van der Waals surface area contributed by atoms with Crippen molar-refractivity contribution in [1.82, 2.24) is 5.32 Å². The van der Waals surface area contributed by atoms with Crippen LogP contribution in [0.3, 0.4) is 0 Å². The number of carbonyl (C=O) groups is 3. The van der Waals surface area contributed by atoms with Crippen LogP contribution in [0.5, 0.6) is 0 Å². The zero-order valence-corrected chi connectivity index (χ0v) is 17.5. The summed E-state index contributed by atoms with van der Waals surface area (Å²) in [6.07, 6.45) is 0.905. The summed E-state index contributed by atoms with van der Waals surface area (Å²) in [4.78, 5) is 36.9. The smallest absolute Gasteiger partial charge is 0.329 e. The molecule has 0 aliphatic carbocycles. The van der Waals surface area contributed by atoms with E-state index in [1.807, 2.05) is 19.1 Å². The fraction of sp³-hybridized carbons (Fsp3) is 0.318. The molecule has 0 fully saturated rings. The molecule has 2 N–H and O–H groups in total. The third-order valence-corrected chi connectivity index (χ3v) is 4.65. The number of halogens is 1. The highest BCUT2D eigenvalue weighted by molar-refractivity contribution is 6.33. The van der Waals surface area contributed by atoms with Crippen molar-refractivity contribution in [1.29, 1.82) is 0 Å². The average Bonchev–Trinajstić information content (AvgIpc) is 2.70. The molecular formula is C22H25ClN2O4. The van der Waals surface area contributed by atoms with Gasteiger partial charge in [-0.1, -0.05) is 56.6 Å². The van der Waals surface area contributed by atoms with Gasteiger partial charge in [0, 0.05) is 5.69 Å². The Morgan fingerprint density at radius 1 is 1.03 bits per heavy atom. The van der Waals surface area contributed by atoms with Crippen molar-refractivity contribution in [2.45, 2.75) is 33.2 Å². The topological polar surface area (TPSA) is 84.5 Å². The van der Waals surface area contributed by atoms with Crippen molar-refractivity contribution in [3.8, 4) is 0 Å². The van der Waals surface area contributed by atoms with Gasteiger partial charge in [-0.15, -0.1) is 0 Å². The molecule has 0 radical (unpaired) electrons. The standard InChI is InChI=1S/C22H25ClN2O4/c1-4-15-9-11-16(12-10-15)24-19(26)13-29-22(28)20(14(2)3)25-21(27)17-7-5-6-8-18(17)23/h5-12,14,20H,4,13H2,1-3H3,(H,24,26)(H,25,27)/t20-/m0/s1. The molecule has 29 heavy (non-hydrogen) atoms. The largest absolute Gasteiger partial charge is 0.454 e. The summed E-state index contributed by atoms with van der Waals surface area (Å²) in [5.74, 6) is -1.86. The lowest BCUT2D eigenvalue weighted by molar-refractivity contribution is -0.150. The lowest BCUT2D eigenvalue weighted by Gasteiger charge is -2.21. The first-order valence-electron chi connectivity index (χ1n) is 9.42. The van der Waals surface area contributed by atoms with Crippen LogP contribution in [0, 0.1) is 5.92 Å². The van der Waals surface area contributed by atoms with Crippen LogP contribution >= 0.6 is 11.6 Å². The Balaban J connectivity index is 1.92. The van der Waals surface area contributed by atoms with E-state index >= 15 is 0 Å². The second kappa shape index (κ2) is 10.6. The lowest BCUT2D eigenvalue weighted by Crippen LogP contribution is -2.46. The molecule has 0 aromatic heterocycles. The molecule has 0 saturated carbocycles. The van der Waals surface area contributed by atoms with Crippen molar-refractivity contribution in [3.05, 3.63) is 64.7 Å². The minimum Gasteiger partial charge on any atom is -0.454 e. The van der Waals surface area contributed by atoms with Crippen molar-refractivity contribution in [2.24, 2.45) is 5.92 Å². The Hall–Kier alpha value is -2.86. The third kappa shape index (κ3) is 6.61. The SMILES string of the molecule is CCc1ccc(NC(=O)COC(=O)[C@@H](NC(=O)c2ccccc2Cl)C(C)C)cc1. The van der Waals surface area contributed by atoms with Gasteiger partial charge in [0.2, 0.25) is 0 Å². The van der Waals surface area contributed by atoms with Crippen molar-refractivity contribution in [2.75, 3.05) is 11.9 Å². The van der Waals surface area contributed by atoms with Gasteiger partial charge < -0.3 is 15.4 Å². The van der Waals surface area contributed by atoms with Crippen molar-refractivity contribution in [3.63, 3.8) is 0 Å². The maximum Gasteiger partial charge on any atom is 0.329 e. The number of carbonyl (C=O) groups excluding carboxylic acids is 3. The second-order valence-corrected chi connectivity index (χ2v) is 7.29. The molecule has 2 rings (SSSR count). The van der Waals surface area contributed by atoms with Gasteiger partial charge in [-0.2, -0.15) is 0 Å². The number of ether oxygens (including phenoxy) is 1. The van der Waals surface area contributed by atoms with E-state index in [2.05, 4.69) is 10.6 Å². The molecule has 7 heteroatoms. The van der Waals surface area contributed by atoms with Gasteiger partial charge in [-0.25, -0.2) is 4.79 Å². The van der Waals surface area contributed by atoms with Crippen LogP contribution in [0.4, 0.5) is 5.69 Å². The minimum atomic E-state index is -0.907. The highest BCUT2D eigenvalue weighted by Gasteiger charge is 2.27. The highest BCUT2D eigenvalue weighted by atomic mass is 35.5. The molecule has 2 aromatic rings. The van der Waals surface area contributed by atoms with E-state index in [4.69, 9.17) is 16.3 Å². The van der Waals surface area contributed by atoms with Crippen molar-refractivity contribution >= 4 is 35.1 Å². The van der Waals surface area contributed by atoms with Crippen LogP contribution in [0.15, 0.2) is 48.5 Å². The van der Waals surface area contributed by atoms with E-state index in [9.17, 15) is 14.4 Å². The molecule has 6 nitrogen and oxygen atoms in total. The first-order chi connectivity index (χ1) is 13.8. The molecule has 0 aliphatic heterocycles. The lowest BCUT2D eigenvalue weighted by atomic mass is 10.0. The second-order valence-electron chi connectivity index (χ2n) is 6.88. The van der Waals surface area contributed by atoms with E-state index in [1.165, 1.54) is 0 Å². The number of aryl methyl sites for hydroxylation is 1. The summed E-state index contributed by atoms with van der Waals surface area (Å²) in [6, 6.07) is 13.1. The summed E-state index contributed by atoms with van der Waals surface area (Å²) in [7, 11) is 0. The predicted octanol–water partition coefficient (Wildman–Crippen LogP) is 3.84. The fourth-order valence-corrected chi connectivity index (χ4v) is 2.83. The molecule has 0 heterocycles. The van der Waals surface area contributed by atoms with Crippen LogP contribution < -0.4 is 10.6 Å². The molecule has 0 spiro atoms. The first-order valence-corrected chi connectivity index (χ1v) is 9.80. The Labute approximate surface area is 175 Å². The average molecular weight is 417 g/mol. The van der Waals surface area contributed by atoms with E-state index < -0.39 is 30.4 Å². The Kier molecular flexibility index (Phi) is 8.21. The Morgan fingerprint density at radius 3 is 2.28 bits per heavy atom. The van der Waals surface area contributed by atoms with Crippen molar-refractivity contribution < 1.29 is 19.1 Å². The first kappa shape index (κ1) is 22.4. The predicted molar refractivity (Wildman–Crippen MR) is 113 cm³/mol. The van der Waals surface area contributed by atoms with Gasteiger partial charge in [0.1, 0.15) is 6.04 Å². The van der Waals surface area contributed by atoms with Gasteiger partial charge in [0.15, 0.2) is 6.61 Å². The summed E-state index contributed by atoms with van der Waals surface area (Å²) >= 11 is 6.03. The number of esters is 1. The number of amides is 2. The van der Waals surface area contributed by atoms with Gasteiger partial charge in [0.05, 0.1) is 10.6 Å². The number of nitrogens with one attached hydrogen (secondary N) is 2. The maximum atomic E-state index is 12.4. The zero-order valence-electron chi connectivity index (χ0n) is 16.7. The molecule has 0 bridgehead atoms. The molecule has 0 aliphatic rings. The van der Waals surface area contributed by atoms with E-state index in [-0.39, 0.29) is 16.5 Å². The van der Waals surface area contributed by atoms with E-state index in [0.717, 1.165) is 12.0 Å². The minimum absolute atomic E-state index is 0.237. The molecule has 2 amide bonds. The van der Waals surface area contributed by atoms with Gasteiger partial charge in [-0.05, 0) is 42.2 Å². The van der Waals surface area contributed by atoms with Crippen LogP contribution in [0.2, 0.25) is 5.02 Å². The number of anilines is 1. The van der Waals surface area contributed by atoms with Crippen LogP contribution in [-0.4, -0.2) is 30.4 Å². The van der Waals surface area contributed by atoms with Gasteiger partial charge >= 0.3 is 5.97 Å². The number of hydrogen-bond acceptors (Lipinski definition) is 4. The molecular weight excluding hydrogens is 392 g/mol. The highest BCUT2D eigenvalue weighted by Crippen LogP contribution is 2.16. The van der Waals surface area contributed by atoms with Gasteiger partial charge in [0.25, 0.3) is 11.8 Å². The molecule has 2 aromatic carbocycles. The van der Waals surface area contributed by atoms with Crippen LogP contribution in [-0.2, 0) is 20.7 Å². The molecule has 0 saturated heterocycles. The quantitative estimate of drug-likeness (QED) is 0.640. The molecule has 154 valence electrons. The fourth-order valence-electron chi connectivity index (χ4n) is 2.61. The zero-order chi connectivity index (χ0) is 21.4. The number of hydrogen-bond donors (Lipinski definition) is 2. The molecule has 1 atom stereocenters. The third-order valence-electron chi connectivity index (χ3n) is 4.32. The number of benzene rings is 2. The molecule has 0 unspecified atom stereocenters. The van der Waals surface area contributed by atoms with E-state index in [0.29, 0.717) is 5.69 Å². The monoisotopic (exact) mass is 416 g/mol. The Bertz CT molecular complexity index is 865. The van der Waals surface area contributed by atoms with Gasteiger partial charge in [-0.3, -0.25) is 9.59 Å². The summed E-state index contributed by atoms with van der Waals surface area (Å²) in [5, 5.41) is 5.59. The van der Waals surface area contributed by atoms with Crippen LogP contribution in [0.1, 0.15) is 36.7 Å². The summed E-state index contributed by atoms with van der Waals surface area (Å²) in [5.41, 5.74) is 2.04. The summed E-state index contributed by atoms with van der Waals surface area (Å²) < 4.78 is 5.11. The van der Waals surface area contributed by atoms with E-state index in [1.54, 1.807) is 50.2 Å². The summed E-state index contributed by atoms with van der Waals surface area (Å²) in [6.45, 7) is 5.14. The maximum absolute atomic E-state index is 12.4.